The fourth-order valence-corrected chi connectivity index (χ4v) is 5.19. The topological polar surface area (TPSA) is 84.3 Å². The van der Waals surface area contributed by atoms with E-state index < -0.39 is 15.9 Å². The van der Waals surface area contributed by atoms with E-state index in [9.17, 15) is 13.2 Å². The molecule has 1 saturated heterocycles. The van der Waals surface area contributed by atoms with E-state index in [4.69, 9.17) is 0 Å². The highest BCUT2D eigenvalue weighted by Crippen LogP contribution is 2.26. The number of benzene rings is 2. The number of hydrogen-bond donors (Lipinski definition) is 1. The predicted octanol–water partition coefficient (Wildman–Crippen LogP) is 3.70. The molecule has 0 atom stereocenters. The van der Waals surface area contributed by atoms with E-state index in [2.05, 4.69) is 10.4 Å². The summed E-state index contributed by atoms with van der Waals surface area (Å²) in [6, 6.07) is 16.2. The summed E-state index contributed by atoms with van der Waals surface area (Å²) in [6.07, 6.45) is 9.23. The maximum atomic E-state index is 13.1. The number of carbonyl (C=O) groups excluding carboxylic acids is 1. The molecule has 1 fully saturated rings. The number of amides is 1. The van der Waals surface area contributed by atoms with Crippen LogP contribution in [0.4, 0.5) is 5.69 Å². The summed E-state index contributed by atoms with van der Waals surface area (Å²) in [5, 5.41) is 7.00. The minimum absolute atomic E-state index is 0.121. The van der Waals surface area contributed by atoms with Gasteiger partial charge in [0.05, 0.1) is 17.6 Å². The minimum atomic E-state index is -3.65. The summed E-state index contributed by atoms with van der Waals surface area (Å²) >= 11 is 0. The summed E-state index contributed by atoms with van der Waals surface area (Å²) in [7, 11) is -3.65. The van der Waals surface area contributed by atoms with Gasteiger partial charge in [0.2, 0.25) is 15.9 Å². The molecule has 1 N–H and O–H groups in total. The lowest BCUT2D eigenvalue weighted by Gasteiger charge is -2.26. The van der Waals surface area contributed by atoms with E-state index in [0.29, 0.717) is 13.1 Å². The standard InChI is InChI=1S/C23H24N4O3S/c28-23(14-13-19-17-24-27(18-19)20-9-3-1-4-10-20)25-21-11-5-6-12-22(21)31(29,30)26-15-7-2-8-16-26/h1,3-6,9-14,17-18H,2,7-8,15-16H2,(H,25,28)/b14-13+. The highest BCUT2D eigenvalue weighted by molar-refractivity contribution is 7.89. The number of nitrogens with one attached hydrogen (secondary N) is 1. The number of aromatic nitrogens is 2. The maximum Gasteiger partial charge on any atom is 0.248 e. The highest BCUT2D eigenvalue weighted by atomic mass is 32.2. The first-order chi connectivity index (χ1) is 15.0. The van der Waals surface area contributed by atoms with Crippen molar-refractivity contribution < 1.29 is 13.2 Å². The number of carbonyl (C=O) groups is 1. The predicted molar refractivity (Wildman–Crippen MR) is 120 cm³/mol. The summed E-state index contributed by atoms with van der Waals surface area (Å²) in [5.41, 5.74) is 1.96. The van der Waals surface area contributed by atoms with E-state index in [1.54, 1.807) is 35.2 Å². The molecule has 160 valence electrons. The average Bonchev–Trinajstić information content (AvgIpc) is 3.28. The average molecular weight is 437 g/mol. The molecule has 7 nitrogen and oxygen atoms in total. The third-order valence-corrected chi connectivity index (χ3v) is 7.09. The van der Waals surface area contributed by atoms with Crippen molar-refractivity contribution in [2.45, 2.75) is 24.2 Å². The van der Waals surface area contributed by atoms with Gasteiger partial charge in [0, 0.05) is 30.9 Å². The summed E-state index contributed by atoms with van der Waals surface area (Å²) in [6.45, 7) is 1.02. The van der Waals surface area contributed by atoms with E-state index in [-0.39, 0.29) is 10.6 Å². The lowest BCUT2D eigenvalue weighted by atomic mass is 10.2. The molecule has 0 saturated carbocycles. The Bertz CT molecular complexity index is 1180. The van der Waals surface area contributed by atoms with Crippen molar-refractivity contribution >= 4 is 27.7 Å². The molecule has 1 aromatic heterocycles. The molecule has 0 aliphatic carbocycles. The number of rotatable bonds is 6. The Balaban J connectivity index is 1.48. The van der Waals surface area contributed by atoms with Gasteiger partial charge in [-0.25, -0.2) is 13.1 Å². The summed E-state index contributed by atoms with van der Waals surface area (Å²) < 4.78 is 29.3. The Hall–Kier alpha value is -3.23. The van der Waals surface area contributed by atoms with Crippen molar-refractivity contribution in [1.82, 2.24) is 14.1 Å². The third-order valence-electron chi connectivity index (χ3n) is 5.13. The van der Waals surface area contributed by atoms with Crippen LogP contribution in [0.1, 0.15) is 24.8 Å². The Morgan fingerprint density at radius 2 is 1.68 bits per heavy atom. The minimum Gasteiger partial charge on any atom is -0.321 e. The number of nitrogens with zero attached hydrogens (tertiary/aromatic N) is 3. The van der Waals surface area contributed by atoms with Gasteiger partial charge in [0.15, 0.2) is 0 Å². The van der Waals surface area contributed by atoms with Crippen LogP contribution in [0.3, 0.4) is 0 Å². The van der Waals surface area contributed by atoms with E-state index >= 15 is 0 Å². The van der Waals surface area contributed by atoms with Crippen LogP contribution in [-0.2, 0) is 14.8 Å². The molecule has 0 unspecified atom stereocenters. The van der Waals surface area contributed by atoms with Gasteiger partial charge in [-0.3, -0.25) is 4.79 Å². The smallest absolute Gasteiger partial charge is 0.248 e. The van der Waals surface area contributed by atoms with Crippen LogP contribution in [0.15, 0.2) is 78.0 Å². The zero-order valence-electron chi connectivity index (χ0n) is 17.0. The molecule has 2 heterocycles. The van der Waals surface area contributed by atoms with Crippen LogP contribution in [0.25, 0.3) is 11.8 Å². The molecule has 4 rings (SSSR count). The summed E-state index contributed by atoms with van der Waals surface area (Å²) in [5.74, 6) is -0.409. The second-order valence-corrected chi connectivity index (χ2v) is 9.24. The van der Waals surface area contributed by atoms with Gasteiger partial charge >= 0.3 is 0 Å². The monoisotopic (exact) mass is 436 g/mol. The van der Waals surface area contributed by atoms with Crippen molar-refractivity contribution in [3.63, 3.8) is 0 Å². The molecule has 0 radical (unpaired) electrons. The van der Waals surface area contributed by atoms with Gasteiger partial charge in [0.1, 0.15) is 4.90 Å². The molecular weight excluding hydrogens is 412 g/mol. The lowest BCUT2D eigenvalue weighted by molar-refractivity contribution is -0.111. The first kappa shape index (κ1) is 21.0. The Kier molecular flexibility index (Phi) is 6.29. The van der Waals surface area contributed by atoms with Crippen molar-refractivity contribution in [2.24, 2.45) is 0 Å². The van der Waals surface area contributed by atoms with Crippen LogP contribution in [0.5, 0.6) is 0 Å². The first-order valence-electron chi connectivity index (χ1n) is 10.2. The summed E-state index contributed by atoms with van der Waals surface area (Å²) in [4.78, 5) is 12.6. The molecule has 2 aromatic carbocycles. The van der Waals surface area contributed by atoms with E-state index in [1.807, 2.05) is 36.5 Å². The zero-order chi connectivity index (χ0) is 21.7. The van der Waals surface area contributed by atoms with Crippen molar-refractivity contribution in [3.8, 4) is 5.69 Å². The van der Waals surface area contributed by atoms with Crippen molar-refractivity contribution in [3.05, 3.63) is 78.6 Å². The zero-order valence-corrected chi connectivity index (χ0v) is 17.8. The number of piperidine rings is 1. The lowest BCUT2D eigenvalue weighted by Crippen LogP contribution is -2.36. The first-order valence-corrected chi connectivity index (χ1v) is 11.7. The maximum absolute atomic E-state index is 13.1. The molecular formula is C23H24N4O3S. The van der Waals surface area contributed by atoms with Crippen LogP contribution < -0.4 is 5.32 Å². The molecule has 0 spiro atoms. The molecule has 1 amide bonds. The molecule has 1 aliphatic rings. The molecule has 3 aromatic rings. The van der Waals surface area contributed by atoms with E-state index in [1.165, 1.54) is 16.4 Å². The number of sulfonamides is 1. The molecule has 0 bridgehead atoms. The van der Waals surface area contributed by atoms with Crippen molar-refractivity contribution in [1.29, 1.82) is 0 Å². The largest absolute Gasteiger partial charge is 0.321 e. The van der Waals surface area contributed by atoms with Gasteiger partial charge in [-0.1, -0.05) is 36.8 Å². The Morgan fingerprint density at radius 3 is 2.45 bits per heavy atom. The molecule has 1 aliphatic heterocycles. The second kappa shape index (κ2) is 9.28. The van der Waals surface area contributed by atoms with Crippen LogP contribution >= 0.6 is 0 Å². The van der Waals surface area contributed by atoms with Gasteiger partial charge in [-0.05, 0) is 43.2 Å². The number of anilines is 1. The highest BCUT2D eigenvalue weighted by Gasteiger charge is 2.28. The van der Waals surface area contributed by atoms with Gasteiger partial charge < -0.3 is 5.32 Å². The fourth-order valence-electron chi connectivity index (χ4n) is 3.53. The fraction of sp³-hybridized carbons (Fsp3) is 0.217. The molecule has 8 heteroatoms. The quantitative estimate of drug-likeness (QED) is 0.597. The number of para-hydroxylation sites is 2. The van der Waals surface area contributed by atoms with Crippen LogP contribution in [0, 0.1) is 0 Å². The normalized spacial score (nSPS) is 15.2. The Labute approximate surface area is 182 Å². The Morgan fingerprint density at radius 1 is 0.968 bits per heavy atom. The third kappa shape index (κ3) is 4.92. The SMILES string of the molecule is O=C(/C=C/c1cnn(-c2ccccc2)c1)Nc1ccccc1S(=O)(=O)N1CCCCC1. The second-order valence-electron chi connectivity index (χ2n) is 7.34. The van der Waals surface area contributed by atoms with Crippen molar-refractivity contribution in [2.75, 3.05) is 18.4 Å². The van der Waals surface area contributed by atoms with E-state index in [0.717, 1.165) is 30.5 Å². The van der Waals surface area contributed by atoms with Crippen LogP contribution in [0.2, 0.25) is 0 Å². The van der Waals surface area contributed by atoms with Gasteiger partial charge in [-0.15, -0.1) is 0 Å². The van der Waals surface area contributed by atoms with Gasteiger partial charge in [-0.2, -0.15) is 9.40 Å². The van der Waals surface area contributed by atoms with Gasteiger partial charge in [0.25, 0.3) is 0 Å². The number of hydrogen-bond acceptors (Lipinski definition) is 4. The molecule has 31 heavy (non-hydrogen) atoms. The van der Waals surface area contributed by atoms with Crippen LogP contribution in [-0.4, -0.2) is 41.5 Å².